The molecule has 0 spiro atoms. The summed E-state index contributed by atoms with van der Waals surface area (Å²) in [6, 6.07) is 4.86. The number of nitrogens with one attached hydrogen (secondary N) is 2. The number of aryl methyl sites for hydroxylation is 2. The molecule has 2 heterocycles. The van der Waals surface area contributed by atoms with Gasteiger partial charge in [-0.3, -0.25) is 20.4 Å². The Morgan fingerprint density at radius 1 is 1.15 bits per heavy atom. The minimum absolute atomic E-state index is 0.274. The zero-order valence-electron chi connectivity index (χ0n) is 14.5. The van der Waals surface area contributed by atoms with Crippen molar-refractivity contribution in [3.8, 4) is 11.5 Å². The summed E-state index contributed by atoms with van der Waals surface area (Å²) >= 11 is 7.61. The zero-order chi connectivity index (χ0) is 18.7. The Hall–Kier alpha value is -2.25. The van der Waals surface area contributed by atoms with Crippen LogP contribution in [0.1, 0.15) is 43.8 Å². The van der Waals surface area contributed by atoms with E-state index in [1.165, 1.54) is 17.4 Å². The van der Waals surface area contributed by atoms with E-state index >= 15 is 0 Å². The Kier molecular flexibility index (Phi) is 5.68. The number of fused-ring (bicyclic) bond motifs is 1. The van der Waals surface area contributed by atoms with Crippen molar-refractivity contribution in [1.82, 2.24) is 10.9 Å². The molecular formula is C18H19ClN2O4S. The topological polar surface area (TPSA) is 76.7 Å². The van der Waals surface area contributed by atoms with Crippen LogP contribution in [0.4, 0.5) is 0 Å². The molecule has 0 bridgehead atoms. The number of amides is 2. The first-order valence-electron chi connectivity index (χ1n) is 8.28. The fourth-order valence-corrected chi connectivity index (χ4v) is 3.87. The number of ether oxygens (including phenoxy) is 2. The molecule has 2 amide bonds. The van der Waals surface area contributed by atoms with Gasteiger partial charge in [0.2, 0.25) is 0 Å². The SMILES string of the molecule is CCc1sc(C(=O)NNC(=O)c2cc(Cl)c3c(c2)OCCCO3)cc1C. The predicted octanol–water partition coefficient (Wildman–Crippen LogP) is 3.51. The molecule has 2 N–H and O–H groups in total. The third-order valence-electron chi connectivity index (χ3n) is 3.92. The van der Waals surface area contributed by atoms with Crippen molar-refractivity contribution >= 4 is 34.8 Å². The lowest BCUT2D eigenvalue weighted by molar-refractivity contribution is 0.0848. The van der Waals surface area contributed by atoms with Gasteiger partial charge in [0.05, 0.1) is 23.1 Å². The average Bonchev–Trinajstić information content (AvgIpc) is 2.85. The van der Waals surface area contributed by atoms with Gasteiger partial charge in [-0.2, -0.15) is 0 Å². The summed E-state index contributed by atoms with van der Waals surface area (Å²) in [5.74, 6) is 0.0188. The number of halogens is 1. The van der Waals surface area contributed by atoms with Crippen molar-refractivity contribution < 1.29 is 19.1 Å². The molecule has 3 rings (SSSR count). The highest BCUT2D eigenvalue weighted by Gasteiger charge is 2.19. The highest BCUT2D eigenvalue weighted by molar-refractivity contribution is 7.14. The van der Waals surface area contributed by atoms with Crippen LogP contribution < -0.4 is 20.3 Å². The molecule has 1 aliphatic heterocycles. The molecule has 2 aromatic rings. The van der Waals surface area contributed by atoms with E-state index in [0.717, 1.165) is 23.3 Å². The van der Waals surface area contributed by atoms with Gasteiger partial charge in [0.15, 0.2) is 11.5 Å². The van der Waals surface area contributed by atoms with Gasteiger partial charge in [0.25, 0.3) is 11.8 Å². The molecule has 0 saturated carbocycles. The van der Waals surface area contributed by atoms with Crippen LogP contribution in [0.2, 0.25) is 5.02 Å². The number of hydrogen-bond donors (Lipinski definition) is 2. The lowest BCUT2D eigenvalue weighted by Crippen LogP contribution is -2.41. The quantitative estimate of drug-likeness (QED) is 0.781. The van der Waals surface area contributed by atoms with Crippen LogP contribution in [0, 0.1) is 6.92 Å². The Labute approximate surface area is 160 Å². The molecule has 6 nitrogen and oxygen atoms in total. The third kappa shape index (κ3) is 3.94. The van der Waals surface area contributed by atoms with Gasteiger partial charge >= 0.3 is 0 Å². The van der Waals surface area contributed by atoms with Gasteiger partial charge in [0.1, 0.15) is 0 Å². The van der Waals surface area contributed by atoms with Gasteiger partial charge in [-0.1, -0.05) is 18.5 Å². The number of hydrogen-bond acceptors (Lipinski definition) is 5. The lowest BCUT2D eigenvalue weighted by atomic mass is 10.2. The molecule has 1 aromatic heterocycles. The summed E-state index contributed by atoms with van der Waals surface area (Å²) in [6.45, 7) is 5.00. The molecule has 138 valence electrons. The Balaban J connectivity index is 1.69. The number of carbonyl (C=O) groups excluding carboxylic acids is 2. The van der Waals surface area contributed by atoms with Crippen molar-refractivity contribution in [3.05, 3.63) is 44.1 Å². The van der Waals surface area contributed by atoms with E-state index in [4.69, 9.17) is 21.1 Å². The highest BCUT2D eigenvalue weighted by atomic mass is 35.5. The van der Waals surface area contributed by atoms with E-state index in [1.807, 2.05) is 19.9 Å². The van der Waals surface area contributed by atoms with E-state index in [2.05, 4.69) is 10.9 Å². The van der Waals surface area contributed by atoms with Gasteiger partial charge in [-0.05, 0) is 37.1 Å². The first kappa shape index (κ1) is 18.5. The number of rotatable bonds is 3. The summed E-state index contributed by atoms with van der Waals surface area (Å²) in [5, 5.41) is 0.294. The monoisotopic (exact) mass is 394 g/mol. The maximum atomic E-state index is 12.4. The molecule has 0 radical (unpaired) electrons. The number of benzene rings is 1. The standard InChI is InChI=1S/C18H19ClN2O4S/c1-3-14-10(2)7-15(26-14)18(23)21-20-17(22)11-8-12(19)16-13(9-11)24-5-4-6-25-16/h7-9H,3-6H2,1-2H3,(H,20,22)(H,21,23). The summed E-state index contributed by atoms with van der Waals surface area (Å²) in [7, 11) is 0. The largest absolute Gasteiger partial charge is 0.489 e. The molecule has 0 aliphatic carbocycles. The van der Waals surface area contributed by atoms with Crippen molar-refractivity contribution in [2.45, 2.75) is 26.7 Å². The zero-order valence-corrected chi connectivity index (χ0v) is 16.1. The summed E-state index contributed by atoms with van der Waals surface area (Å²) in [6.07, 6.45) is 1.61. The van der Waals surface area contributed by atoms with Gasteiger partial charge in [-0.15, -0.1) is 11.3 Å². The smallest absolute Gasteiger partial charge is 0.279 e. The van der Waals surface area contributed by atoms with Crippen LogP contribution >= 0.6 is 22.9 Å². The van der Waals surface area contributed by atoms with E-state index < -0.39 is 5.91 Å². The Morgan fingerprint density at radius 2 is 1.88 bits per heavy atom. The maximum Gasteiger partial charge on any atom is 0.279 e. The first-order valence-corrected chi connectivity index (χ1v) is 9.48. The van der Waals surface area contributed by atoms with Crippen molar-refractivity contribution in [1.29, 1.82) is 0 Å². The maximum absolute atomic E-state index is 12.4. The molecular weight excluding hydrogens is 376 g/mol. The minimum Gasteiger partial charge on any atom is -0.489 e. The van der Waals surface area contributed by atoms with Crippen LogP contribution in [0.15, 0.2) is 18.2 Å². The van der Waals surface area contributed by atoms with Crippen molar-refractivity contribution in [2.24, 2.45) is 0 Å². The molecule has 26 heavy (non-hydrogen) atoms. The minimum atomic E-state index is -0.486. The third-order valence-corrected chi connectivity index (χ3v) is 5.58. The predicted molar refractivity (Wildman–Crippen MR) is 100 cm³/mol. The lowest BCUT2D eigenvalue weighted by Gasteiger charge is -2.12. The van der Waals surface area contributed by atoms with E-state index in [1.54, 1.807) is 6.07 Å². The van der Waals surface area contributed by atoms with E-state index in [0.29, 0.717) is 34.6 Å². The average molecular weight is 395 g/mol. The molecule has 1 aliphatic rings. The van der Waals surface area contributed by atoms with Crippen LogP contribution in [0.25, 0.3) is 0 Å². The molecule has 0 unspecified atom stereocenters. The number of thiophene rings is 1. The van der Waals surface area contributed by atoms with Gasteiger partial charge in [0, 0.05) is 16.9 Å². The summed E-state index contributed by atoms with van der Waals surface area (Å²) < 4.78 is 11.1. The summed E-state index contributed by atoms with van der Waals surface area (Å²) in [5.41, 5.74) is 6.18. The highest BCUT2D eigenvalue weighted by Crippen LogP contribution is 2.37. The van der Waals surface area contributed by atoms with Crippen LogP contribution in [0.3, 0.4) is 0 Å². The number of hydrazine groups is 1. The van der Waals surface area contributed by atoms with Crippen LogP contribution in [-0.2, 0) is 6.42 Å². The second-order valence-corrected chi connectivity index (χ2v) is 7.36. The van der Waals surface area contributed by atoms with E-state index in [-0.39, 0.29) is 11.5 Å². The van der Waals surface area contributed by atoms with Gasteiger partial charge < -0.3 is 9.47 Å². The van der Waals surface area contributed by atoms with Gasteiger partial charge in [-0.25, -0.2) is 0 Å². The normalized spacial score (nSPS) is 13.0. The fraction of sp³-hybridized carbons (Fsp3) is 0.333. The van der Waals surface area contributed by atoms with E-state index in [9.17, 15) is 9.59 Å². The second-order valence-electron chi connectivity index (χ2n) is 5.81. The summed E-state index contributed by atoms with van der Waals surface area (Å²) in [4.78, 5) is 26.3. The second kappa shape index (κ2) is 7.97. The van der Waals surface area contributed by atoms with Crippen LogP contribution in [0.5, 0.6) is 11.5 Å². The first-order chi connectivity index (χ1) is 12.5. The number of carbonyl (C=O) groups is 2. The van der Waals surface area contributed by atoms with Crippen LogP contribution in [-0.4, -0.2) is 25.0 Å². The fourth-order valence-electron chi connectivity index (χ4n) is 2.59. The molecule has 0 atom stereocenters. The molecule has 0 saturated heterocycles. The van der Waals surface area contributed by atoms with Crippen molar-refractivity contribution in [3.63, 3.8) is 0 Å². The van der Waals surface area contributed by atoms with Crippen molar-refractivity contribution in [2.75, 3.05) is 13.2 Å². The molecule has 1 aromatic carbocycles. The molecule has 0 fully saturated rings. The Morgan fingerprint density at radius 3 is 2.62 bits per heavy atom. The molecule has 8 heteroatoms. The Bertz CT molecular complexity index is 850.